The number of para-hydroxylation sites is 1. The largest absolute Gasteiger partial charge is 0.496 e. The zero-order chi connectivity index (χ0) is 18.2. The van der Waals surface area contributed by atoms with Gasteiger partial charge in [-0.05, 0) is 36.8 Å². The Morgan fingerprint density at radius 1 is 1.00 bits per heavy atom. The summed E-state index contributed by atoms with van der Waals surface area (Å²) >= 11 is 0. The lowest BCUT2D eigenvalue weighted by Gasteiger charge is -2.10. The summed E-state index contributed by atoms with van der Waals surface area (Å²) in [6, 6.07) is 12.4. The van der Waals surface area contributed by atoms with Crippen LogP contribution < -0.4 is 20.2 Å². The molecule has 0 saturated heterocycles. The Labute approximate surface area is 145 Å². The molecule has 0 radical (unpaired) electrons. The minimum atomic E-state index is -0.894. The standard InChI is InChI=1S/C18H19N3O4/c1-12-8-9-16(25-3)14(10-12)20-17(22)18(23)21-19-11-13-6-4-5-7-15(13)24-2/h4-11H,1-3H3,(H,20,22)(H,21,23). The van der Waals surface area contributed by atoms with Crippen molar-refractivity contribution in [2.24, 2.45) is 5.10 Å². The van der Waals surface area contributed by atoms with E-state index in [1.54, 1.807) is 24.3 Å². The third-order valence-electron chi connectivity index (χ3n) is 3.32. The number of hydrogen-bond donors (Lipinski definition) is 2. The van der Waals surface area contributed by atoms with E-state index in [1.807, 2.05) is 25.1 Å². The van der Waals surface area contributed by atoms with E-state index in [1.165, 1.54) is 20.4 Å². The molecule has 0 aliphatic carbocycles. The van der Waals surface area contributed by atoms with Gasteiger partial charge in [-0.2, -0.15) is 5.10 Å². The molecule has 0 bridgehead atoms. The second-order valence-corrected chi connectivity index (χ2v) is 5.10. The van der Waals surface area contributed by atoms with E-state index in [2.05, 4.69) is 15.8 Å². The smallest absolute Gasteiger partial charge is 0.329 e. The summed E-state index contributed by atoms with van der Waals surface area (Å²) in [5, 5.41) is 6.28. The molecule has 0 unspecified atom stereocenters. The van der Waals surface area contributed by atoms with Gasteiger partial charge in [0.15, 0.2) is 0 Å². The number of carbonyl (C=O) groups is 2. The van der Waals surface area contributed by atoms with Gasteiger partial charge in [-0.1, -0.05) is 18.2 Å². The number of carbonyl (C=O) groups excluding carboxylic acids is 2. The molecule has 0 aromatic heterocycles. The van der Waals surface area contributed by atoms with Gasteiger partial charge in [-0.25, -0.2) is 5.43 Å². The van der Waals surface area contributed by atoms with Gasteiger partial charge in [-0.15, -0.1) is 0 Å². The molecule has 25 heavy (non-hydrogen) atoms. The van der Waals surface area contributed by atoms with Gasteiger partial charge >= 0.3 is 11.8 Å². The number of hydrogen-bond acceptors (Lipinski definition) is 5. The Morgan fingerprint density at radius 2 is 1.72 bits per heavy atom. The highest BCUT2D eigenvalue weighted by molar-refractivity contribution is 6.39. The van der Waals surface area contributed by atoms with E-state index in [0.717, 1.165) is 5.56 Å². The molecule has 2 aromatic rings. The van der Waals surface area contributed by atoms with E-state index < -0.39 is 11.8 Å². The summed E-state index contributed by atoms with van der Waals surface area (Å²) in [4.78, 5) is 23.8. The topological polar surface area (TPSA) is 89.0 Å². The van der Waals surface area contributed by atoms with Crippen molar-refractivity contribution in [3.8, 4) is 11.5 Å². The monoisotopic (exact) mass is 341 g/mol. The highest BCUT2D eigenvalue weighted by Gasteiger charge is 2.15. The zero-order valence-electron chi connectivity index (χ0n) is 14.2. The van der Waals surface area contributed by atoms with Crippen LogP contribution in [0.15, 0.2) is 47.6 Å². The highest BCUT2D eigenvalue weighted by atomic mass is 16.5. The van der Waals surface area contributed by atoms with Crippen molar-refractivity contribution in [1.82, 2.24) is 5.43 Å². The highest BCUT2D eigenvalue weighted by Crippen LogP contribution is 2.25. The maximum absolute atomic E-state index is 12.0. The molecule has 7 heteroatoms. The Morgan fingerprint density at radius 3 is 2.44 bits per heavy atom. The van der Waals surface area contributed by atoms with E-state index in [4.69, 9.17) is 9.47 Å². The molecule has 0 heterocycles. The van der Waals surface area contributed by atoms with Crippen LogP contribution >= 0.6 is 0 Å². The fourth-order valence-corrected chi connectivity index (χ4v) is 2.08. The summed E-state index contributed by atoms with van der Waals surface area (Å²) in [6.45, 7) is 1.87. The zero-order valence-corrected chi connectivity index (χ0v) is 14.2. The number of anilines is 1. The third kappa shape index (κ3) is 4.81. The van der Waals surface area contributed by atoms with Crippen LogP contribution in [0.2, 0.25) is 0 Å². The van der Waals surface area contributed by atoms with E-state index >= 15 is 0 Å². The van der Waals surface area contributed by atoms with Gasteiger partial charge in [0.25, 0.3) is 0 Å². The van der Waals surface area contributed by atoms with Crippen LogP contribution in [0.3, 0.4) is 0 Å². The lowest BCUT2D eigenvalue weighted by atomic mass is 10.2. The average Bonchev–Trinajstić information content (AvgIpc) is 2.62. The van der Waals surface area contributed by atoms with Crippen LogP contribution in [0.25, 0.3) is 0 Å². The maximum Gasteiger partial charge on any atom is 0.329 e. The lowest BCUT2D eigenvalue weighted by molar-refractivity contribution is -0.136. The molecule has 2 aromatic carbocycles. The van der Waals surface area contributed by atoms with E-state index in [0.29, 0.717) is 22.7 Å². The van der Waals surface area contributed by atoms with Crippen molar-refractivity contribution in [1.29, 1.82) is 0 Å². The predicted octanol–water partition coefficient (Wildman–Crippen LogP) is 2.10. The van der Waals surface area contributed by atoms with Crippen molar-refractivity contribution in [2.75, 3.05) is 19.5 Å². The molecule has 0 spiro atoms. The first-order valence-corrected chi connectivity index (χ1v) is 7.47. The molecule has 0 saturated carbocycles. The fraction of sp³-hybridized carbons (Fsp3) is 0.167. The summed E-state index contributed by atoms with van der Waals surface area (Å²) in [5.74, 6) is -0.672. The first kappa shape index (κ1) is 18.0. The minimum absolute atomic E-state index is 0.413. The Hall–Kier alpha value is -3.35. The summed E-state index contributed by atoms with van der Waals surface area (Å²) in [6.07, 6.45) is 1.40. The number of rotatable bonds is 5. The van der Waals surface area contributed by atoms with Gasteiger partial charge in [-0.3, -0.25) is 9.59 Å². The Balaban J connectivity index is 2.00. The number of nitrogens with one attached hydrogen (secondary N) is 2. The number of methoxy groups -OCH3 is 2. The second-order valence-electron chi connectivity index (χ2n) is 5.10. The van der Waals surface area contributed by atoms with Crippen molar-refractivity contribution in [2.45, 2.75) is 6.92 Å². The first-order valence-electron chi connectivity index (χ1n) is 7.47. The quantitative estimate of drug-likeness (QED) is 0.495. The molecular weight excluding hydrogens is 322 g/mol. The molecule has 0 aliphatic rings. The van der Waals surface area contributed by atoms with Crippen LogP contribution in [0.4, 0.5) is 5.69 Å². The van der Waals surface area contributed by atoms with Crippen LogP contribution in [-0.2, 0) is 9.59 Å². The molecule has 0 fully saturated rings. The fourth-order valence-electron chi connectivity index (χ4n) is 2.08. The number of aryl methyl sites for hydroxylation is 1. The summed E-state index contributed by atoms with van der Waals surface area (Å²) < 4.78 is 10.3. The molecular formula is C18H19N3O4. The molecule has 2 amide bonds. The second kappa shape index (κ2) is 8.49. The lowest BCUT2D eigenvalue weighted by Crippen LogP contribution is -2.32. The number of nitrogens with zero attached hydrogens (tertiary/aromatic N) is 1. The van der Waals surface area contributed by atoms with Crippen LogP contribution in [-0.4, -0.2) is 32.2 Å². The van der Waals surface area contributed by atoms with Gasteiger partial charge in [0.05, 0.1) is 26.1 Å². The molecule has 7 nitrogen and oxygen atoms in total. The van der Waals surface area contributed by atoms with Crippen LogP contribution in [0, 0.1) is 6.92 Å². The average molecular weight is 341 g/mol. The number of hydrazone groups is 1. The van der Waals surface area contributed by atoms with Gasteiger partial charge in [0.1, 0.15) is 11.5 Å². The molecule has 0 atom stereocenters. The number of amides is 2. The van der Waals surface area contributed by atoms with Crippen molar-refractivity contribution >= 4 is 23.7 Å². The van der Waals surface area contributed by atoms with Gasteiger partial charge in [0.2, 0.25) is 0 Å². The SMILES string of the molecule is COc1ccccc1C=NNC(=O)C(=O)Nc1cc(C)ccc1OC. The van der Waals surface area contributed by atoms with Crippen LogP contribution in [0.1, 0.15) is 11.1 Å². The van der Waals surface area contributed by atoms with Gasteiger partial charge < -0.3 is 14.8 Å². The minimum Gasteiger partial charge on any atom is -0.496 e. The Kier molecular flexibility index (Phi) is 6.11. The third-order valence-corrected chi connectivity index (χ3v) is 3.32. The predicted molar refractivity (Wildman–Crippen MR) is 95.1 cm³/mol. The van der Waals surface area contributed by atoms with Crippen molar-refractivity contribution < 1.29 is 19.1 Å². The molecule has 130 valence electrons. The van der Waals surface area contributed by atoms with Crippen molar-refractivity contribution in [3.05, 3.63) is 53.6 Å². The van der Waals surface area contributed by atoms with Crippen molar-refractivity contribution in [3.63, 3.8) is 0 Å². The maximum atomic E-state index is 12.0. The first-order chi connectivity index (χ1) is 12.0. The summed E-state index contributed by atoms with van der Waals surface area (Å²) in [7, 11) is 3.02. The summed E-state index contributed by atoms with van der Waals surface area (Å²) in [5.41, 5.74) is 4.18. The molecule has 2 rings (SSSR count). The normalized spacial score (nSPS) is 10.4. The Bertz CT molecular complexity index is 803. The van der Waals surface area contributed by atoms with E-state index in [9.17, 15) is 9.59 Å². The number of ether oxygens (including phenoxy) is 2. The number of benzene rings is 2. The van der Waals surface area contributed by atoms with Crippen LogP contribution in [0.5, 0.6) is 11.5 Å². The van der Waals surface area contributed by atoms with E-state index in [-0.39, 0.29) is 0 Å². The molecule has 0 aliphatic heterocycles. The molecule has 2 N–H and O–H groups in total. The van der Waals surface area contributed by atoms with Gasteiger partial charge in [0, 0.05) is 5.56 Å².